The third-order valence-electron chi connectivity index (χ3n) is 3.72. The third-order valence-corrected chi connectivity index (χ3v) is 4.09. The Balaban J connectivity index is 2.04. The van der Waals surface area contributed by atoms with Gasteiger partial charge in [-0.05, 0) is 31.6 Å². The predicted octanol–water partition coefficient (Wildman–Crippen LogP) is 1.40. The van der Waals surface area contributed by atoms with Gasteiger partial charge in [-0.2, -0.15) is 0 Å². The Morgan fingerprint density at radius 1 is 1.47 bits per heavy atom. The number of aromatic nitrogens is 3. The van der Waals surface area contributed by atoms with Crippen molar-refractivity contribution < 1.29 is 0 Å². The van der Waals surface area contributed by atoms with Crippen LogP contribution in [0.3, 0.4) is 0 Å². The average molecular weight is 255 g/mol. The summed E-state index contributed by atoms with van der Waals surface area (Å²) in [5, 5.41) is 7.13. The third kappa shape index (κ3) is 2.52. The molecule has 1 aromatic heterocycles. The van der Waals surface area contributed by atoms with E-state index in [-0.39, 0.29) is 0 Å². The minimum Gasteiger partial charge on any atom is -0.341 e. The summed E-state index contributed by atoms with van der Waals surface area (Å²) in [5.74, 6) is 0.935. The van der Waals surface area contributed by atoms with Gasteiger partial charge in [-0.25, -0.2) is 5.10 Å². The maximum absolute atomic E-state index is 5.14. The minimum absolute atomic E-state index is 0.571. The number of piperidine rings is 1. The van der Waals surface area contributed by atoms with E-state index >= 15 is 0 Å². The largest absolute Gasteiger partial charge is 0.341 e. The minimum atomic E-state index is 0.571. The number of hydrogen-bond acceptors (Lipinski definition) is 4. The summed E-state index contributed by atoms with van der Waals surface area (Å²) in [6.45, 7) is 5.74. The number of aromatic amines is 1. The highest BCUT2D eigenvalue weighted by molar-refractivity contribution is 7.71. The van der Waals surface area contributed by atoms with E-state index in [2.05, 4.69) is 34.0 Å². The van der Waals surface area contributed by atoms with Gasteiger partial charge in [-0.1, -0.05) is 6.92 Å². The van der Waals surface area contributed by atoms with Crippen LogP contribution in [0.15, 0.2) is 0 Å². The molecule has 1 N–H and O–H groups in total. The molecular formula is C11H21N5S. The van der Waals surface area contributed by atoms with Crippen molar-refractivity contribution in [2.75, 3.05) is 31.6 Å². The number of nitrogens with zero attached hydrogens (tertiary/aromatic N) is 4. The van der Waals surface area contributed by atoms with Gasteiger partial charge in [-0.15, -0.1) is 5.10 Å². The molecule has 96 valence electrons. The van der Waals surface area contributed by atoms with Crippen LogP contribution in [0.5, 0.6) is 0 Å². The van der Waals surface area contributed by atoms with E-state index in [1.54, 1.807) is 0 Å². The first-order valence-corrected chi connectivity index (χ1v) is 6.61. The summed E-state index contributed by atoms with van der Waals surface area (Å²) in [6.07, 6.45) is 2.40. The number of H-pyrrole nitrogens is 1. The van der Waals surface area contributed by atoms with Crippen LogP contribution in [-0.2, 0) is 7.05 Å². The summed E-state index contributed by atoms with van der Waals surface area (Å²) in [5.41, 5.74) is 0. The summed E-state index contributed by atoms with van der Waals surface area (Å²) in [4.78, 5) is 4.74. The Hall–Kier alpha value is -0.880. The van der Waals surface area contributed by atoms with Crippen LogP contribution in [0.4, 0.5) is 5.95 Å². The van der Waals surface area contributed by atoms with Gasteiger partial charge in [-0.3, -0.25) is 4.57 Å². The molecule has 1 aromatic rings. The maximum atomic E-state index is 5.14. The molecule has 0 bridgehead atoms. The van der Waals surface area contributed by atoms with Crippen LogP contribution in [0.25, 0.3) is 0 Å². The molecule has 1 aliphatic heterocycles. The average Bonchev–Trinajstić information content (AvgIpc) is 2.69. The number of rotatable bonds is 3. The van der Waals surface area contributed by atoms with Gasteiger partial charge in [0.05, 0.1) is 0 Å². The normalized spacial score (nSPS) is 18.5. The SMILES string of the molecule is CCN1CCC(N(C)c2n[nH]c(=S)n2C)CC1. The van der Waals surface area contributed by atoms with E-state index in [0.29, 0.717) is 10.8 Å². The summed E-state index contributed by atoms with van der Waals surface area (Å²) in [6, 6.07) is 0.571. The monoisotopic (exact) mass is 255 g/mol. The molecule has 0 amide bonds. The molecule has 1 saturated heterocycles. The molecule has 0 aromatic carbocycles. The number of likely N-dealkylation sites (tertiary alicyclic amines) is 1. The van der Waals surface area contributed by atoms with Gasteiger partial charge in [0.15, 0.2) is 4.77 Å². The molecule has 0 aliphatic carbocycles. The summed E-state index contributed by atoms with van der Waals surface area (Å²) < 4.78 is 2.61. The molecule has 0 saturated carbocycles. The Morgan fingerprint density at radius 2 is 2.12 bits per heavy atom. The number of anilines is 1. The molecule has 17 heavy (non-hydrogen) atoms. The van der Waals surface area contributed by atoms with Crippen molar-refractivity contribution in [2.24, 2.45) is 7.05 Å². The van der Waals surface area contributed by atoms with Crippen LogP contribution in [0.1, 0.15) is 19.8 Å². The van der Waals surface area contributed by atoms with E-state index < -0.39 is 0 Å². The molecule has 1 fully saturated rings. The van der Waals surface area contributed by atoms with E-state index in [9.17, 15) is 0 Å². The molecular weight excluding hydrogens is 234 g/mol. The smallest absolute Gasteiger partial charge is 0.225 e. The zero-order chi connectivity index (χ0) is 12.4. The fraction of sp³-hybridized carbons (Fsp3) is 0.818. The first-order chi connectivity index (χ1) is 8.13. The molecule has 2 heterocycles. The van der Waals surface area contributed by atoms with Crippen molar-refractivity contribution in [2.45, 2.75) is 25.8 Å². The Bertz CT molecular complexity index is 416. The summed E-state index contributed by atoms with van der Waals surface area (Å²) >= 11 is 5.14. The van der Waals surface area contributed by atoms with Crippen LogP contribution in [0.2, 0.25) is 0 Å². The van der Waals surface area contributed by atoms with Gasteiger partial charge in [0, 0.05) is 33.2 Å². The maximum Gasteiger partial charge on any atom is 0.225 e. The van der Waals surface area contributed by atoms with Crippen LogP contribution in [-0.4, -0.2) is 52.4 Å². The Labute approximate surface area is 107 Å². The Kier molecular flexibility index (Phi) is 3.83. The first kappa shape index (κ1) is 12.6. The van der Waals surface area contributed by atoms with Crippen molar-refractivity contribution >= 4 is 18.2 Å². The molecule has 0 unspecified atom stereocenters. The standard InChI is InChI=1S/C11H21N5S/c1-4-16-7-5-9(6-8-16)14(2)10-12-13-11(17)15(10)3/h9H,4-8H2,1-3H3,(H,13,17). The molecule has 5 nitrogen and oxygen atoms in total. The van der Waals surface area contributed by atoms with Crippen molar-refractivity contribution in [3.8, 4) is 0 Å². The highest BCUT2D eigenvalue weighted by Crippen LogP contribution is 2.19. The second-order valence-corrected chi connectivity index (χ2v) is 5.05. The molecule has 0 radical (unpaired) electrons. The van der Waals surface area contributed by atoms with E-state index in [1.807, 2.05) is 11.6 Å². The topological polar surface area (TPSA) is 40.1 Å². The molecule has 6 heteroatoms. The second-order valence-electron chi connectivity index (χ2n) is 4.66. The lowest BCUT2D eigenvalue weighted by molar-refractivity contribution is 0.220. The fourth-order valence-corrected chi connectivity index (χ4v) is 2.57. The predicted molar refractivity (Wildman–Crippen MR) is 71.9 cm³/mol. The van der Waals surface area contributed by atoms with Gasteiger partial charge in [0.1, 0.15) is 0 Å². The first-order valence-electron chi connectivity index (χ1n) is 6.20. The van der Waals surface area contributed by atoms with Crippen molar-refractivity contribution in [3.05, 3.63) is 4.77 Å². The molecule has 0 spiro atoms. The zero-order valence-corrected chi connectivity index (χ0v) is 11.6. The van der Waals surface area contributed by atoms with Crippen molar-refractivity contribution in [1.82, 2.24) is 19.7 Å². The van der Waals surface area contributed by atoms with Gasteiger partial charge in [0.2, 0.25) is 5.95 Å². The Morgan fingerprint density at radius 3 is 2.59 bits per heavy atom. The van der Waals surface area contributed by atoms with Crippen molar-refractivity contribution in [3.63, 3.8) is 0 Å². The van der Waals surface area contributed by atoms with Crippen molar-refractivity contribution in [1.29, 1.82) is 0 Å². The molecule has 0 atom stereocenters. The number of nitrogens with one attached hydrogen (secondary N) is 1. The van der Waals surface area contributed by atoms with Crippen LogP contribution < -0.4 is 4.90 Å². The summed E-state index contributed by atoms with van der Waals surface area (Å²) in [7, 11) is 4.07. The van der Waals surface area contributed by atoms with E-state index in [0.717, 1.165) is 12.5 Å². The number of hydrogen-bond donors (Lipinski definition) is 1. The highest BCUT2D eigenvalue weighted by atomic mass is 32.1. The fourth-order valence-electron chi connectivity index (χ4n) is 2.44. The van der Waals surface area contributed by atoms with Gasteiger partial charge in [0.25, 0.3) is 0 Å². The lowest BCUT2D eigenvalue weighted by Gasteiger charge is -2.36. The lowest BCUT2D eigenvalue weighted by atomic mass is 10.0. The quantitative estimate of drug-likeness (QED) is 0.829. The van der Waals surface area contributed by atoms with Crippen LogP contribution in [0, 0.1) is 4.77 Å². The van der Waals surface area contributed by atoms with E-state index in [1.165, 1.54) is 25.9 Å². The lowest BCUT2D eigenvalue weighted by Crippen LogP contribution is -2.44. The molecule has 1 aliphatic rings. The second kappa shape index (κ2) is 5.18. The highest BCUT2D eigenvalue weighted by Gasteiger charge is 2.23. The zero-order valence-electron chi connectivity index (χ0n) is 10.8. The van der Waals surface area contributed by atoms with Gasteiger partial charge < -0.3 is 9.80 Å². The molecule has 2 rings (SSSR count). The van der Waals surface area contributed by atoms with Crippen LogP contribution >= 0.6 is 12.2 Å². The van der Waals surface area contributed by atoms with Gasteiger partial charge >= 0.3 is 0 Å². The van der Waals surface area contributed by atoms with E-state index in [4.69, 9.17) is 12.2 Å².